The standard InChI is InChI=1S/C46H42N8.Zn/c1-11-24-12-16-28-32(20-24)40-47-36(28)49-41-34-22-26(45(5,6)7)14-18-30(34)38(51-41)53-43-35-23-27(46(8,9)10)15-19-31(35)39(54-43)52-42-33-21-25(44(2,3)4)13-17-29(33)37(48-40)50-42;/h11-23H,1H2,2-10H3;/q-2;+2. The molecule has 0 saturated carbocycles. The molecule has 9 rings (SSSR count). The molecule has 0 atom stereocenters. The first kappa shape index (κ1) is 36.6. The van der Waals surface area contributed by atoms with E-state index in [-0.39, 0.29) is 35.7 Å². The number of benzene rings is 4. The maximum absolute atomic E-state index is 5.22. The van der Waals surface area contributed by atoms with Crippen molar-refractivity contribution in [2.75, 3.05) is 0 Å². The molecule has 0 aliphatic carbocycles. The van der Waals surface area contributed by atoms with Crippen LogP contribution in [0.1, 0.15) is 84.6 Å². The van der Waals surface area contributed by atoms with Crippen LogP contribution in [0.15, 0.2) is 79.4 Å². The number of aromatic nitrogens is 8. The normalized spacial score (nSPS) is 12.7. The van der Waals surface area contributed by atoms with E-state index in [4.69, 9.17) is 39.9 Å². The average molecular weight is 772 g/mol. The quantitative estimate of drug-likeness (QED) is 0.152. The van der Waals surface area contributed by atoms with Gasteiger partial charge in [0, 0.05) is 44.8 Å². The van der Waals surface area contributed by atoms with Gasteiger partial charge in [-0.2, -0.15) is 0 Å². The average Bonchev–Trinajstić information content (AvgIpc) is 3.84. The van der Waals surface area contributed by atoms with Crippen LogP contribution < -0.4 is 9.97 Å². The number of fused-ring (bicyclic) bond motifs is 20. The van der Waals surface area contributed by atoms with Crippen LogP contribution in [0.3, 0.4) is 0 Å². The third-order valence-electron chi connectivity index (χ3n) is 10.6. The summed E-state index contributed by atoms with van der Waals surface area (Å²) in [6.45, 7) is 23.9. The zero-order valence-electron chi connectivity index (χ0n) is 33.0. The van der Waals surface area contributed by atoms with Crippen LogP contribution in [0.25, 0.3) is 95.8 Å². The Kier molecular flexibility index (Phi) is 8.36. The van der Waals surface area contributed by atoms with Gasteiger partial charge in [-0.1, -0.05) is 123 Å². The Balaban J connectivity index is 0.00000427. The molecule has 7 aromatic rings. The van der Waals surface area contributed by atoms with E-state index < -0.39 is 0 Å². The van der Waals surface area contributed by atoms with Crippen molar-refractivity contribution in [3.63, 3.8) is 0 Å². The Morgan fingerprint density at radius 2 is 0.782 bits per heavy atom. The first-order valence-corrected chi connectivity index (χ1v) is 18.5. The molecular formula is C46H42N8Zn. The molecule has 0 fully saturated rings. The van der Waals surface area contributed by atoms with Crippen molar-refractivity contribution in [2.45, 2.75) is 78.6 Å². The molecule has 8 bridgehead atoms. The second kappa shape index (κ2) is 12.6. The molecule has 8 nitrogen and oxygen atoms in total. The zero-order valence-corrected chi connectivity index (χ0v) is 36.0. The summed E-state index contributed by atoms with van der Waals surface area (Å²) in [6, 6.07) is 25.4. The summed E-state index contributed by atoms with van der Waals surface area (Å²) in [5, 5.41) is 3.53. The monoisotopic (exact) mass is 770 g/mol. The molecule has 55 heavy (non-hydrogen) atoms. The molecule has 0 unspecified atom stereocenters. The van der Waals surface area contributed by atoms with Gasteiger partial charge in [-0.05, 0) is 84.3 Å². The maximum atomic E-state index is 5.22. The Morgan fingerprint density at radius 1 is 0.418 bits per heavy atom. The van der Waals surface area contributed by atoms with E-state index in [1.165, 1.54) is 16.7 Å². The molecule has 2 aliphatic rings. The van der Waals surface area contributed by atoms with E-state index in [0.717, 1.165) is 49.4 Å². The Labute approximate surface area is 333 Å². The van der Waals surface area contributed by atoms with E-state index in [1.807, 2.05) is 18.2 Å². The molecule has 5 heterocycles. The second-order valence-electron chi connectivity index (χ2n) is 17.5. The van der Waals surface area contributed by atoms with E-state index in [2.05, 4.69) is 130 Å². The Morgan fingerprint density at radius 3 is 1.22 bits per heavy atom. The minimum Gasteiger partial charge on any atom is -0.357 e. The van der Waals surface area contributed by atoms with Crippen LogP contribution in [-0.2, 0) is 35.7 Å². The predicted molar refractivity (Wildman–Crippen MR) is 220 cm³/mol. The summed E-state index contributed by atoms with van der Waals surface area (Å²) in [5.74, 6) is 2.18. The van der Waals surface area contributed by atoms with Crippen molar-refractivity contribution in [1.82, 2.24) is 39.9 Å². The largest absolute Gasteiger partial charge is 2.00 e. The van der Waals surface area contributed by atoms with E-state index in [1.54, 1.807) is 0 Å². The first-order valence-electron chi connectivity index (χ1n) is 18.5. The fraction of sp³-hybridized carbons (Fsp3) is 0.261. The molecule has 3 aromatic heterocycles. The van der Waals surface area contributed by atoms with Crippen molar-refractivity contribution in [1.29, 1.82) is 0 Å². The topological polar surface area (TPSA) is 106 Å². The number of nitrogens with zero attached hydrogens (tertiary/aromatic N) is 8. The molecule has 0 N–H and O–H groups in total. The van der Waals surface area contributed by atoms with E-state index in [9.17, 15) is 0 Å². The van der Waals surface area contributed by atoms with Crippen LogP contribution in [0.4, 0.5) is 0 Å². The summed E-state index contributed by atoms with van der Waals surface area (Å²) in [6.07, 6.45) is 1.83. The van der Waals surface area contributed by atoms with Gasteiger partial charge in [-0.3, -0.25) is 0 Å². The summed E-state index contributed by atoms with van der Waals surface area (Å²) in [4.78, 5) is 41.2. The van der Waals surface area contributed by atoms with Gasteiger partial charge in [0.2, 0.25) is 0 Å². The molecule has 2 aliphatic heterocycles. The van der Waals surface area contributed by atoms with E-state index in [0.29, 0.717) is 45.9 Å². The summed E-state index contributed by atoms with van der Waals surface area (Å²) >= 11 is 0. The summed E-state index contributed by atoms with van der Waals surface area (Å²) in [5.41, 5.74) is 9.99. The maximum Gasteiger partial charge on any atom is 2.00 e. The third-order valence-corrected chi connectivity index (χ3v) is 10.6. The van der Waals surface area contributed by atoms with Crippen LogP contribution in [0.5, 0.6) is 0 Å². The van der Waals surface area contributed by atoms with Gasteiger partial charge in [0.1, 0.15) is 0 Å². The molecule has 0 spiro atoms. The second-order valence-corrected chi connectivity index (χ2v) is 17.5. The number of hydrogen-bond donors (Lipinski definition) is 0. The minimum absolute atomic E-state index is 0. The zero-order chi connectivity index (χ0) is 37.9. The van der Waals surface area contributed by atoms with Gasteiger partial charge >= 0.3 is 19.5 Å². The molecule has 4 aromatic carbocycles. The molecule has 0 saturated heterocycles. The fourth-order valence-electron chi connectivity index (χ4n) is 7.21. The van der Waals surface area contributed by atoms with E-state index >= 15 is 0 Å². The Bertz CT molecular complexity index is 2890. The van der Waals surface area contributed by atoms with Gasteiger partial charge < -0.3 is 29.9 Å². The van der Waals surface area contributed by atoms with Gasteiger partial charge in [0.25, 0.3) is 0 Å². The van der Waals surface area contributed by atoms with Crippen molar-refractivity contribution >= 4 is 50.2 Å². The number of rotatable bonds is 1. The SMILES string of the molecule is C=Cc1ccc2c3nc4nc(nc5[n-]c(nc6nc(nc([n-]3)c2c1)-c1ccc(C(C)(C)C)cc1-6)c1ccc(C(C)(C)C)cc51)-c1ccc(C(C)(C)C)cc1-4.[Zn+2]. The van der Waals surface area contributed by atoms with Crippen LogP contribution in [0, 0.1) is 0 Å². The van der Waals surface area contributed by atoms with Gasteiger partial charge in [-0.15, -0.1) is 0 Å². The molecule has 9 heteroatoms. The molecule has 0 amide bonds. The van der Waals surface area contributed by atoms with Crippen molar-refractivity contribution < 1.29 is 19.5 Å². The summed E-state index contributed by atoms with van der Waals surface area (Å²) < 4.78 is 0. The van der Waals surface area contributed by atoms with Crippen molar-refractivity contribution in [3.05, 3.63) is 102 Å². The number of hydrogen-bond acceptors (Lipinski definition) is 6. The Hall–Kier alpha value is -5.40. The van der Waals surface area contributed by atoms with Crippen molar-refractivity contribution in [2.24, 2.45) is 0 Å². The minimum atomic E-state index is -0.0848. The van der Waals surface area contributed by atoms with Crippen molar-refractivity contribution in [3.8, 4) is 45.6 Å². The molecule has 0 radical (unpaired) electrons. The van der Waals surface area contributed by atoms with Crippen LogP contribution in [-0.4, -0.2) is 29.9 Å². The fourth-order valence-corrected chi connectivity index (χ4v) is 7.21. The third kappa shape index (κ3) is 6.19. The van der Waals surface area contributed by atoms with Gasteiger partial charge in [0.15, 0.2) is 0 Å². The smallest absolute Gasteiger partial charge is 0.357 e. The molecule has 268 valence electrons. The van der Waals surface area contributed by atoms with Gasteiger partial charge in [-0.25, -0.2) is 9.97 Å². The predicted octanol–water partition coefficient (Wildman–Crippen LogP) is 10.7. The molecular weight excluding hydrogens is 730 g/mol. The first-order chi connectivity index (χ1) is 25.5. The van der Waals surface area contributed by atoms with Crippen LogP contribution >= 0.6 is 0 Å². The van der Waals surface area contributed by atoms with Crippen LogP contribution in [0.2, 0.25) is 0 Å². The van der Waals surface area contributed by atoms with Gasteiger partial charge in [0.05, 0.1) is 23.3 Å². The summed E-state index contributed by atoms with van der Waals surface area (Å²) in [7, 11) is 0.